The number of benzene rings is 1. The minimum Gasteiger partial charge on any atom is -0.876 e. The Bertz CT molecular complexity index is 213. The molecule has 1 aromatic rings. The van der Waals surface area contributed by atoms with Crippen molar-refractivity contribution < 1.29 is 5.11 Å². The largest absolute Gasteiger partial charge is 0.876 e. The quantitative estimate of drug-likeness (QED) is 0.554. The Morgan fingerprint density at radius 2 is 1.90 bits per heavy atom. The van der Waals surface area contributed by atoms with Crippen LogP contribution in [0.5, 0.6) is 0 Å². The van der Waals surface area contributed by atoms with Crippen molar-refractivity contribution in [3.63, 3.8) is 0 Å². The summed E-state index contributed by atoms with van der Waals surface area (Å²) in [6.45, 7) is 3.29. The van der Waals surface area contributed by atoms with Crippen LogP contribution in [-0.2, 0) is 6.42 Å². The van der Waals surface area contributed by atoms with Crippen LogP contribution in [0.1, 0.15) is 5.56 Å². The van der Waals surface area contributed by atoms with Crippen molar-refractivity contribution in [2.75, 3.05) is 0 Å². The highest BCUT2D eigenvalue weighted by Gasteiger charge is 1.85. The summed E-state index contributed by atoms with van der Waals surface area (Å²) in [5.41, 5.74) is 1.03. The Balaban J connectivity index is 2.67. The van der Waals surface area contributed by atoms with Gasteiger partial charge in [-0.2, -0.15) is 0 Å². The fourth-order valence-corrected chi connectivity index (χ4v) is 0.824. The molecule has 0 N–H and O–H groups in total. The Hall–Kier alpha value is -1.24. The van der Waals surface area contributed by atoms with Crippen molar-refractivity contribution in [2.24, 2.45) is 0 Å². The van der Waals surface area contributed by atoms with Gasteiger partial charge >= 0.3 is 0 Å². The van der Waals surface area contributed by atoms with E-state index >= 15 is 0 Å². The highest BCUT2D eigenvalue weighted by molar-refractivity contribution is 5.17. The second kappa shape index (κ2) is 3.06. The van der Waals surface area contributed by atoms with Crippen molar-refractivity contribution in [3.8, 4) is 0 Å². The maximum absolute atomic E-state index is 10.5. The lowest BCUT2D eigenvalue weighted by Crippen LogP contribution is -2.03. The molecule has 0 radical (unpaired) electrons. The van der Waals surface area contributed by atoms with E-state index in [1.54, 1.807) is 0 Å². The molecule has 0 aliphatic carbocycles. The number of hydrogen-bond donors (Lipinski definition) is 0. The monoisotopic (exact) mass is 133 g/mol. The fraction of sp³-hybridized carbons (Fsp3) is 0.111. The van der Waals surface area contributed by atoms with Crippen LogP contribution in [0.15, 0.2) is 42.7 Å². The Kier molecular flexibility index (Phi) is 2.11. The van der Waals surface area contributed by atoms with Crippen molar-refractivity contribution in [1.82, 2.24) is 0 Å². The molecular formula is C9H9O-. The normalized spacial score (nSPS) is 9.20. The molecule has 0 fully saturated rings. The van der Waals surface area contributed by atoms with E-state index in [9.17, 15) is 5.11 Å². The molecule has 1 rings (SSSR count). The second-order valence-electron chi connectivity index (χ2n) is 2.20. The van der Waals surface area contributed by atoms with Crippen LogP contribution in [0.25, 0.3) is 0 Å². The zero-order valence-corrected chi connectivity index (χ0v) is 5.71. The van der Waals surface area contributed by atoms with E-state index in [4.69, 9.17) is 0 Å². The van der Waals surface area contributed by atoms with E-state index in [1.165, 1.54) is 0 Å². The lowest BCUT2D eigenvalue weighted by Gasteiger charge is -2.07. The van der Waals surface area contributed by atoms with Crippen LogP contribution in [0, 0.1) is 0 Å². The molecule has 0 bridgehead atoms. The first-order valence-corrected chi connectivity index (χ1v) is 3.18. The first-order chi connectivity index (χ1) is 4.79. The maximum atomic E-state index is 10.5. The van der Waals surface area contributed by atoms with Crippen LogP contribution in [-0.4, -0.2) is 0 Å². The summed E-state index contributed by atoms with van der Waals surface area (Å²) in [7, 11) is 0. The predicted octanol–water partition coefficient (Wildman–Crippen LogP) is 1.10. The van der Waals surface area contributed by atoms with Crippen molar-refractivity contribution >= 4 is 0 Å². The molecule has 0 saturated carbocycles. The van der Waals surface area contributed by atoms with Gasteiger partial charge in [0.1, 0.15) is 0 Å². The van der Waals surface area contributed by atoms with E-state index in [1.807, 2.05) is 30.3 Å². The molecule has 0 unspecified atom stereocenters. The minimum absolute atomic E-state index is 0.0359. The van der Waals surface area contributed by atoms with Gasteiger partial charge in [-0.1, -0.05) is 30.3 Å². The standard InChI is InChI=1S/C9H10O/c1-8(10)7-9-5-3-2-4-6-9/h2-6,10H,1,7H2/p-1. The Labute approximate surface area is 60.6 Å². The molecule has 0 spiro atoms. The Morgan fingerprint density at radius 3 is 2.40 bits per heavy atom. The van der Waals surface area contributed by atoms with E-state index in [0.717, 1.165) is 5.56 Å². The van der Waals surface area contributed by atoms with E-state index < -0.39 is 0 Å². The zero-order chi connectivity index (χ0) is 7.40. The van der Waals surface area contributed by atoms with Crippen molar-refractivity contribution in [1.29, 1.82) is 0 Å². The second-order valence-corrected chi connectivity index (χ2v) is 2.20. The first kappa shape index (κ1) is 6.87. The molecule has 0 saturated heterocycles. The van der Waals surface area contributed by atoms with Crippen LogP contribution in [0.3, 0.4) is 0 Å². The number of hydrogen-bond acceptors (Lipinski definition) is 1. The molecule has 10 heavy (non-hydrogen) atoms. The predicted molar refractivity (Wildman–Crippen MR) is 39.3 cm³/mol. The highest BCUT2D eigenvalue weighted by Crippen LogP contribution is 2.01. The summed E-state index contributed by atoms with van der Waals surface area (Å²) >= 11 is 0. The van der Waals surface area contributed by atoms with Gasteiger partial charge in [0.25, 0.3) is 0 Å². The average molecular weight is 133 g/mol. The van der Waals surface area contributed by atoms with E-state index in [0.29, 0.717) is 6.42 Å². The first-order valence-electron chi connectivity index (χ1n) is 3.18. The molecular weight excluding hydrogens is 124 g/mol. The summed E-state index contributed by atoms with van der Waals surface area (Å²) in [5, 5.41) is 10.5. The van der Waals surface area contributed by atoms with Gasteiger partial charge in [0.05, 0.1) is 0 Å². The van der Waals surface area contributed by atoms with Crippen LogP contribution in [0.2, 0.25) is 0 Å². The van der Waals surface area contributed by atoms with Crippen molar-refractivity contribution in [2.45, 2.75) is 6.42 Å². The summed E-state index contributed by atoms with van der Waals surface area (Å²) in [4.78, 5) is 0. The topological polar surface area (TPSA) is 23.1 Å². The summed E-state index contributed by atoms with van der Waals surface area (Å²) in [6, 6.07) is 9.60. The summed E-state index contributed by atoms with van der Waals surface area (Å²) in [5.74, 6) is -0.0359. The lowest BCUT2D eigenvalue weighted by molar-refractivity contribution is -0.304. The molecule has 1 aromatic carbocycles. The lowest BCUT2D eigenvalue weighted by atomic mass is 10.1. The third-order valence-corrected chi connectivity index (χ3v) is 1.24. The molecule has 1 heteroatoms. The van der Waals surface area contributed by atoms with Gasteiger partial charge in [0, 0.05) is 0 Å². The molecule has 0 aliphatic rings. The summed E-state index contributed by atoms with van der Waals surface area (Å²) < 4.78 is 0. The van der Waals surface area contributed by atoms with Gasteiger partial charge < -0.3 is 5.11 Å². The third kappa shape index (κ3) is 1.94. The van der Waals surface area contributed by atoms with E-state index in [2.05, 4.69) is 6.58 Å². The zero-order valence-electron chi connectivity index (χ0n) is 5.71. The average Bonchev–Trinajstić information content (AvgIpc) is 1.88. The van der Waals surface area contributed by atoms with Crippen LogP contribution < -0.4 is 5.11 Å². The molecule has 0 amide bonds. The molecule has 0 heterocycles. The van der Waals surface area contributed by atoms with Crippen LogP contribution >= 0.6 is 0 Å². The van der Waals surface area contributed by atoms with Gasteiger partial charge in [-0.15, -0.1) is 12.3 Å². The van der Waals surface area contributed by atoms with Gasteiger partial charge in [0.2, 0.25) is 0 Å². The maximum Gasteiger partial charge on any atom is -0.0175 e. The highest BCUT2D eigenvalue weighted by atomic mass is 16.3. The molecule has 1 nitrogen and oxygen atoms in total. The van der Waals surface area contributed by atoms with Gasteiger partial charge in [-0.25, -0.2) is 0 Å². The fourth-order valence-electron chi connectivity index (χ4n) is 0.824. The molecule has 52 valence electrons. The van der Waals surface area contributed by atoms with Crippen LogP contribution in [0.4, 0.5) is 0 Å². The molecule has 0 atom stereocenters. The third-order valence-electron chi connectivity index (χ3n) is 1.24. The minimum atomic E-state index is -0.0359. The van der Waals surface area contributed by atoms with Gasteiger partial charge in [0.15, 0.2) is 0 Å². The van der Waals surface area contributed by atoms with Crippen molar-refractivity contribution in [3.05, 3.63) is 48.2 Å². The van der Waals surface area contributed by atoms with E-state index in [-0.39, 0.29) is 5.76 Å². The molecule has 0 aromatic heterocycles. The number of allylic oxidation sites excluding steroid dienone is 1. The Morgan fingerprint density at radius 1 is 1.30 bits per heavy atom. The number of rotatable bonds is 2. The molecule has 0 aliphatic heterocycles. The van der Waals surface area contributed by atoms with Gasteiger partial charge in [-0.05, 0) is 12.0 Å². The SMILES string of the molecule is C=C([O-])Cc1ccccc1. The van der Waals surface area contributed by atoms with Gasteiger partial charge in [-0.3, -0.25) is 0 Å². The smallest absolute Gasteiger partial charge is 0.0175 e. The summed E-state index contributed by atoms with van der Waals surface area (Å²) in [6.07, 6.45) is 0.445.